The molecule has 0 spiro atoms. The third kappa shape index (κ3) is 3.11. The highest BCUT2D eigenvalue weighted by Gasteiger charge is 2.32. The average Bonchev–Trinajstić information content (AvgIpc) is 2.87. The molecule has 7 nitrogen and oxygen atoms in total. The molecule has 2 heterocycles. The quantitative estimate of drug-likeness (QED) is 0.560. The number of rotatable bonds is 2. The van der Waals surface area contributed by atoms with Crippen LogP contribution < -0.4 is 16.0 Å². The number of carbonyl (C=O) groups is 2. The third-order valence-corrected chi connectivity index (χ3v) is 3.35. The fourth-order valence-corrected chi connectivity index (χ4v) is 2.35. The fraction of sp³-hybridized carbons (Fsp3) is 0.818. The van der Waals surface area contributed by atoms with E-state index in [1.54, 1.807) is 4.90 Å². The minimum atomic E-state index is -0.438. The Bertz CT molecular complexity index is 317. The molecule has 18 heavy (non-hydrogen) atoms. The van der Waals surface area contributed by atoms with Gasteiger partial charge >= 0.3 is 6.09 Å². The van der Waals surface area contributed by atoms with E-state index in [4.69, 9.17) is 0 Å². The van der Waals surface area contributed by atoms with Crippen molar-refractivity contribution in [2.24, 2.45) is 0 Å². The van der Waals surface area contributed by atoms with Crippen LogP contribution in [-0.2, 0) is 9.53 Å². The maximum Gasteiger partial charge on any atom is 0.407 e. The standard InChI is InChI=1S/C11H20N4O3/c1-18-11(17)14-8-2-5-15(7-8)10(16)9-6-12-3-4-13-9/h8-9,12-13H,2-7H2,1H3,(H,14,17). The van der Waals surface area contributed by atoms with Gasteiger partial charge in [0, 0.05) is 32.7 Å². The lowest BCUT2D eigenvalue weighted by Gasteiger charge is -2.27. The van der Waals surface area contributed by atoms with Crippen LogP contribution in [0.25, 0.3) is 0 Å². The van der Waals surface area contributed by atoms with E-state index in [1.807, 2.05) is 0 Å². The first-order valence-electron chi connectivity index (χ1n) is 6.28. The average molecular weight is 256 g/mol. The van der Waals surface area contributed by atoms with Gasteiger partial charge in [-0.25, -0.2) is 4.79 Å². The van der Waals surface area contributed by atoms with Crippen LogP contribution in [0.2, 0.25) is 0 Å². The second-order valence-electron chi connectivity index (χ2n) is 4.62. The Labute approximate surface area is 106 Å². The molecule has 0 saturated carbocycles. The number of hydrogen-bond donors (Lipinski definition) is 3. The smallest absolute Gasteiger partial charge is 0.407 e. The molecule has 0 aliphatic carbocycles. The molecule has 0 bridgehead atoms. The maximum absolute atomic E-state index is 12.2. The predicted molar refractivity (Wildman–Crippen MR) is 65.2 cm³/mol. The third-order valence-electron chi connectivity index (χ3n) is 3.35. The number of carbonyl (C=O) groups excluding carboxylic acids is 2. The Morgan fingerprint density at radius 2 is 2.22 bits per heavy atom. The number of methoxy groups -OCH3 is 1. The largest absolute Gasteiger partial charge is 0.453 e. The lowest BCUT2D eigenvalue weighted by Crippen LogP contribution is -2.56. The van der Waals surface area contributed by atoms with Gasteiger partial charge in [-0.1, -0.05) is 0 Å². The normalized spacial score (nSPS) is 27.9. The van der Waals surface area contributed by atoms with Gasteiger partial charge in [0.25, 0.3) is 0 Å². The zero-order valence-corrected chi connectivity index (χ0v) is 10.6. The van der Waals surface area contributed by atoms with Crippen LogP contribution in [0.15, 0.2) is 0 Å². The van der Waals surface area contributed by atoms with Crippen molar-refractivity contribution in [3.05, 3.63) is 0 Å². The van der Waals surface area contributed by atoms with Gasteiger partial charge in [-0.3, -0.25) is 4.79 Å². The van der Waals surface area contributed by atoms with E-state index in [1.165, 1.54) is 7.11 Å². The lowest BCUT2D eigenvalue weighted by molar-refractivity contribution is -0.132. The highest BCUT2D eigenvalue weighted by molar-refractivity contribution is 5.82. The SMILES string of the molecule is COC(=O)NC1CCN(C(=O)C2CNCCN2)C1. The van der Waals surface area contributed by atoms with Gasteiger partial charge in [0.2, 0.25) is 5.91 Å². The topological polar surface area (TPSA) is 82.7 Å². The lowest BCUT2D eigenvalue weighted by atomic mass is 10.2. The van der Waals surface area contributed by atoms with E-state index < -0.39 is 6.09 Å². The van der Waals surface area contributed by atoms with Crippen molar-refractivity contribution in [1.29, 1.82) is 0 Å². The molecule has 0 aromatic heterocycles. The number of amides is 2. The van der Waals surface area contributed by atoms with Crippen molar-refractivity contribution in [2.45, 2.75) is 18.5 Å². The van der Waals surface area contributed by atoms with E-state index in [2.05, 4.69) is 20.7 Å². The fourth-order valence-electron chi connectivity index (χ4n) is 2.35. The molecule has 2 rings (SSSR count). The van der Waals surface area contributed by atoms with Gasteiger partial charge in [-0.2, -0.15) is 0 Å². The summed E-state index contributed by atoms with van der Waals surface area (Å²) in [6, 6.07) is -0.145. The van der Waals surface area contributed by atoms with E-state index in [9.17, 15) is 9.59 Å². The van der Waals surface area contributed by atoms with E-state index in [0.717, 1.165) is 19.5 Å². The maximum atomic E-state index is 12.2. The molecule has 2 saturated heterocycles. The summed E-state index contributed by atoms with van der Waals surface area (Å²) in [4.78, 5) is 25.1. The Morgan fingerprint density at radius 3 is 2.89 bits per heavy atom. The Kier molecular flexibility index (Phi) is 4.38. The summed E-state index contributed by atoms with van der Waals surface area (Å²) in [5.74, 6) is 0.108. The number of nitrogens with zero attached hydrogens (tertiary/aromatic N) is 1. The summed E-state index contributed by atoms with van der Waals surface area (Å²) in [6.45, 7) is 3.63. The van der Waals surface area contributed by atoms with Crippen molar-refractivity contribution in [3.63, 3.8) is 0 Å². The van der Waals surface area contributed by atoms with Gasteiger partial charge in [0.1, 0.15) is 0 Å². The highest BCUT2D eigenvalue weighted by Crippen LogP contribution is 2.11. The second-order valence-corrected chi connectivity index (χ2v) is 4.62. The molecule has 2 atom stereocenters. The summed E-state index contributed by atoms with van der Waals surface area (Å²) in [5, 5.41) is 9.11. The highest BCUT2D eigenvalue weighted by atomic mass is 16.5. The molecule has 3 N–H and O–H groups in total. The van der Waals surface area contributed by atoms with E-state index in [-0.39, 0.29) is 18.0 Å². The van der Waals surface area contributed by atoms with Crippen LogP contribution >= 0.6 is 0 Å². The van der Waals surface area contributed by atoms with Gasteiger partial charge in [-0.05, 0) is 6.42 Å². The van der Waals surface area contributed by atoms with Crippen LogP contribution in [0.5, 0.6) is 0 Å². The molecule has 102 valence electrons. The number of hydrogen-bond acceptors (Lipinski definition) is 5. The number of nitrogens with one attached hydrogen (secondary N) is 3. The van der Waals surface area contributed by atoms with Crippen LogP contribution in [0.4, 0.5) is 4.79 Å². The first-order valence-corrected chi connectivity index (χ1v) is 6.28. The number of piperazine rings is 1. The molecular weight excluding hydrogens is 236 g/mol. The second kappa shape index (κ2) is 6.01. The van der Waals surface area contributed by atoms with Gasteiger partial charge in [0.15, 0.2) is 0 Å². The van der Waals surface area contributed by atoms with Crippen molar-refractivity contribution >= 4 is 12.0 Å². The summed E-state index contributed by atoms with van der Waals surface area (Å²) < 4.78 is 4.55. The molecular formula is C11H20N4O3. The molecule has 0 aromatic carbocycles. The number of likely N-dealkylation sites (tertiary alicyclic amines) is 1. The number of ether oxygens (including phenoxy) is 1. The molecule has 2 fully saturated rings. The summed E-state index contributed by atoms with van der Waals surface area (Å²) in [6.07, 6.45) is 0.341. The Hall–Kier alpha value is -1.34. The van der Waals surface area contributed by atoms with Gasteiger partial charge in [0.05, 0.1) is 19.2 Å². The van der Waals surface area contributed by atoms with Gasteiger partial charge < -0.3 is 25.6 Å². The summed E-state index contributed by atoms with van der Waals surface area (Å²) in [5.41, 5.74) is 0. The zero-order valence-electron chi connectivity index (χ0n) is 10.6. The van der Waals surface area contributed by atoms with Crippen LogP contribution in [-0.4, -0.2) is 68.8 Å². The van der Waals surface area contributed by atoms with Crippen molar-refractivity contribution in [3.8, 4) is 0 Å². The molecule has 2 aliphatic rings. The van der Waals surface area contributed by atoms with Crippen molar-refractivity contribution < 1.29 is 14.3 Å². The molecule has 7 heteroatoms. The first-order chi connectivity index (χ1) is 8.70. The predicted octanol–water partition coefficient (Wildman–Crippen LogP) is -1.50. The zero-order chi connectivity index (χ0) is 13.0. The first kappa shape index (κ1) is 13.1. The summed E-state index contributed by atoms with van der Waals surface area (Å²) in [7, 11) is 1.34. The molecule has 2 amide bonds. The van der Waals surface area contributed by atoms with E-state index >= 15 is 0 Å². The van der Waals surface area contributed by atoms with Crippen LogP contribution in [0.1, 0.15) is 6.42 Å². The molecule has 0 aromatic rings. The van der Waals surface area contributed by atoms with Crippen molar-refractivity contribution in [1.82, 2.24) is 20.9 Å². The Morgan fingerprint density at radius 1 is 1.39 bits per heavy atom. The minimum absolute atomic E-state index is 0.00190. The molecule has 2 aliphatic heterocycles. The number of alkyl carbamates (subject to hydrolysis) is 1. The van der Waals surface area contributed by atoms with Crippen LogP contribution in [0.3, 0.4) is 0 Å². The Balaban J connectivity index is 1.80. The minimum Gasteiger partial charge on any atom is -0.453 e. The van der Waals surface area contributed by atoms with Crippen molar-refractivity contribution in [2.75, 3.05) is 39.8 Å². The monoisotopic (exact) mass is 256 g/mol. The van der Waals surface area contributed by atoms with E-state index in [0.29, 0.717) is 19.6 Å². The van der Waals surface area contributed by atoms with Gasteiger partial charge in [-0.15, -0.1) is 0 Å². The van der Waals surface area contributed by atoms with Crippen LogP contribution in [0, 0.1) is 0 Å². The molecule has 2 unspecified atom stereocenters. The summed E-state index contributed by atoms with van der Waals surface area (Å²) >= 11 is 0. The molecule has 0 radical (unpaired) electrons.